The summed E-state index contributed by atoms with van der Waals surface area (Å²) in [5.74, 6) is -0.636. The molecule has 0 spiro atoms. The van der Waals surface area contributed by atoms with Crippen LogP contribution >= 0.6 is 0 Å². The molecule has 5 heteroatoms. The van der Waals surface area contributed by atoms with Crippen LogP contribution < -0.4 is 0 Å². The smallest absolute Gasteiger partial charge is 0.328 e. The summed E-state index contributed by atoms with van der Waals surface area (Å²) in [7, 11) is 0. The molecule has 2 atom stereocenters. The van der Waals surface area contributed by atoms with Gasteiger partial charge in [-0.05, 0) is 24.2 Å². The third-order valence-electron chi connectivity index (χ3n) is 4.88. The van der Waals surface area contributed by atoms with Crippen LogP contribution in [0.3, 0.4) is 0 Å². The van der Waals surface area contributed by atoms with E-state index in [1.54, 1.807) is 0 Å². The Bertz CT molecular complexity index is 380. The van der Waals surface area contributed by atoms with Gasteiger partial charge < -0.3 is 14.7 Å². The van der Waals surface area contributed by atoms with Crippen molar-refractivity contribution >= 4 is 11.9 Å². The van der Waals surface area contributed by atoms with Crippen molar-refractivity contribution in [1.29, 1.82) is 0 Å². The van der Waals surface area contributed by atoms with Gasteiger partial charge in [0.25, 0.3) is 0 Å². The summed E-state index contributed by atoms with van der Waals surface area (Å²) in [5.41, 5.74) is 0.179. The second-order valence-electron chi connectivity index (χ2n) is 6.65. The molecule has 1 amide bonds. The standard InChI is InChI=1S/C15H25NO4/c1-15(2)6-4-3-5-11(15)9-13(17)16-7-8-20-10-12(16)14(18)19/h11-12H,3-10H2,1-2H3,(H,18,19). The highest BCUT2D eigenvalue weighted by molar-refractivity contribution is 5.84. The highest BCUT2D eigenvalue weighted by atomic mass is 16.5. The van der Waals surface area contributed by atoms with Crippen LogP contribution in [0.5, 0.6) is 0 Å². The van der Waals surface area contributed by atoms with Crippen molar-refractivity contribution in [2.24, 2.45) is 11.3 Å². The van der Waals surface area contributed by atoms with Gasteiger partial charge in [-0.25, -0.2) is 4.79 Å². The van der Waals surface area contributed by atoms with E-state index >= 15 is 0 Å². The highest BCUT2D eigenvalue weighted by Gasteiger charge is 2.38. The summed E-state index contributed by atoms with van der Waals surface area (Å²) in [6.07, 6.45) is 5.09. The average molecular weight is 283 g/mol. The summed E-state index contributed by atoms with van der Waals surface area (Å²) in [6.45, 7) is 5.37. The molecule has 1 saturated carbocycles. The molecule has 2 fully saturated rings. The second-order valence-corrected chi connectivity index (χ2v) is 6.65. The van der Waals surface area contributed by atoms with Gasteiger partial charge in [0.2, 0.25) is 5.91 Å². The van der Waals surface area contributed by atoms with Gasteiger partial charge in [-0.1, -0.05) is 26.7 Å². The second kappa shape index (κ2) is 6.12. The first kappa shape index (κ1) is 15.3. The zero-order valence-electron chi connectivity index (χ0n) is 12.4. The maximum atomic E-state index is 12.5. The lowest BCUT2D eigenvalue weighted by molar-refractivity contribution is -0.159. The molecule has 1 aliphatic heterocycles. The van der Waals surface area contributed by atoms with E-state index in [-0.39, 0.29) is 17.9 Å². The summed E-state index contributed by atoms with van der Waals surface area (Å²) >= 11 is 0. The van der Waals surface area contributed by atoms with Crippen LogP contribution in [-0.2, 0) is 14.3 Å². The van der Waals surface area contributed by atoms with Crippen molar-refractivity contribution in [2.45, 2.75) is 52.0 Å². The molecule has 0 aromatic heterocycles. The summed E-state index contributed by atoms with van der Waals surface area (Å²) in [5, 5.41) is 9.19. The quantitative estimate of drug-likeness (QED) is 0.859. The molecule has 0 bridgehead atoms. The topological polar surface area (TPSA) is 66.8 Å². The Morgan fingerprint density at radius 1 is 1.35 bits per heavy atom. The van der Waals surface area contributed by atoms with Gasteiger partial charge in [0, 0.05) is 13.0 Å². The van der Waals surface area contributed by atoms with Crippen molar-refractivity contribution in [1.82, 2.24) is 4.90 Å². The number of rotatable bonds is 3. The van der Waals surface area contributed by atoms with E-state index < -0.39 is 12.0 Å². The Labute approximate surface area is 120 Å². The minimum atomic E-state index is -0.971. The maximum Gasteiger partial charge on any atom is 0.328 e. The van der Waals surface area contributed by atoms with Crippen LogP contribution in [0.1, 0.15) is 46.0 Å². The van der Waals surface area contributed by atoms with Crippen molar-refractivity contribution in [2.75, 3.05) is 19.8 Å². The molecule has 2 unspecified atom stereocenters. The van der Waals surface area contributed by atoms with Gasteiger partial charge in [-0.15, -0.1) is 0 Å². The predicted molar refractivity (Wildman–Crippen MR) is 74.3 cm³/mol. The lowest BCUT2D eigenvalue weighted by Crippen LogP contribution is -2.53. The monoisotopic (exact) mass is 283 g/mol. The van der Waals surface area contributed by atoms with E-state index in [1.807, 2.05) is 0 Å². The number of aliphatic carboxylic acids is 1. The first-order chi connectivity index (χ1) is 9.42. The molecule has 2 rings (SSSR count). The molecule has 5 nitrogen and oxygen atoms in total. The lowest BCUT2D eigenvalue weighted by Gasteiger charge is -2.40. The van der Waals surface area contributed by atoms with Crippen LogP contribution in [0.4, 0.5) is 0 Å². The van der Waals surface area contributed by atoms with Crippen LogP contribution in [0.15, 0.2) is 0 Å². The average Bonchev–Trinajstić information content (AvgIpc) is 2.41. The van der Waals surface area contributed by atoms with Crippen molar-refractivity contribution in [3.8, 4) is 0 Å². The largest absolute Gasteiger partial charge is 0.480 e. The Balaban J connectivity index is 2.01. The molecule has 1 saturated heterocycles. The van der Waals surface area contributed by atoms with Gasteiger partial charge in [0.15, 0.2) is 6.04 Å². The zero-order chi connectivity index (χ0) is 14.8. The molecule has 1 N–H and O–H groups in total. The Kier molecular flexibility index (Phi) is 4.68. The Morgan fingerprint density at radius 3 is 2.75 bits per heavy atom. The minimum Gasteiger partial charge on any atom is -0.480 e. The van der Waals surface area contributed by atoms with Crippen LogP contribution in [0.25, 0.3) is 0 Å². The Hall–Kier alpha value is -1.10. The van der Waals surface area contributed by atoms with Crippen LogP contribution in [0.2, 0.25) is 0 Å². The SMILES string of the molecule is CC1(C)CCCCC1CC(=O)N1CCOCC1C(=O)O. The molecule has 0 radical (unpaired) electrons. The normalized spacial score (nSPS) is 30.0. The fourth-order valence-corrected chi connectivity index (χ4v) is 3.38. The van der Waals surface area contributed by atoms with Crippen LogP contribution in [0, 0.1) is 11.3 Å². The van der Waals surface area contributed by atoms with Crippen molar-refractivity contribution in [3.05, 3.63) is 0 Å². The molecular formula is C15H25NO4. The first-order valence-corrected chi connectivity index (χ1v) is 7.52. The van der Waals surface area contributed by atoms with E-state index in [0.717, 1.165) is 12.8 Å². The van der Waals surface area contributed by atoms with E-state index in [4.69, 9.17) is 4.74 Å². The fraction of sp³-hybridized carbons (Fsp3) is 0.867. The number of ether oxygens (including phenoxy) is 1. The van der Waals surface area contributed by atoms with Gasteiger partial charge in [-0.3, -0.25) is 4.79 Å². The molecule has 0 aromatic rings. The molecule has 0 aromatic carbocycles. The number of carboxylic acids is 1. The number of carboxylic acid groups (broad SMARTS) is 1. The van der Waals surface area contributed by atoms with Gasteiger partial charge >= 0.3 is 5.97 Å². The van der Waals surface area contributed by atoms with Gasteiger partial charge in [0.05, 0.1) is 13.2 Å². The van der Waals surface area contributed by atoms with Gasteiger partial charge in [0.1, 0.15) is 0 Å². The number of nitrogens with zero attached hydrogens (tertiary/aromatic N) is 1. The third kappa shape index (κ3) is 3.32. The fourth-order valence-electron chi connectivity index (χ4n) is 3.38. The molecular weight excluding hydrogens is 258 g/mol. The number of amides is 1. The zero-order valence-corrected chi connectivity index (χ0v) is 12.4. The number of hydrogen-bond donors (Lipinski definition) is 1. The number of morpholine rings is 1. The highest BCUT2D eigenvalue weighted by Crippen LogP contribution is 2.42. The summed E-state index contributed by atoms with van der Waals surface area (Å²) in [6, 6.07) is -0.817. The molecule has 2 aliphatic rings. The molecule has 114 valence electrons. The molecule has 20 heavy (non-hydrogen) atoms. The minimum absolute atomic E-state index is 0.0272. The predicted octanol–water partition coefficient (Wildman–Crippen LogP) is 1.90. The van der Waals surface area contributed by atoms with E-state index in [9.17, 15) is 14.7 Å². The number of hydrogen-bond acceptors (Lipinski definition) is 3. The van der Waals surface area contributed by atoms with Crippen LogP contribution in [-0.4, -0.2) is 47.7 Å². The summed E-state index contributed by atoms with van der Waals surface area (Å²) in [4.78, 5) is 25.2. The van der Waals surface area contributed by atoms with Gasteiger partial charge in [-0.2, -0.15) is 0 Å². The summed E-state index contributed by atoms with van der Waals surface area (Å²) < 4.78 is 5.18. The van der Waals surface area contributed by atoms with E-state index in [0.29, 0.717) is 25.5 Å². The first-order valence-electron chi connectivity index (χ1n) is 7.52. The molecule has 1 heterocycles. The van der Waals surface area contributed by atoms with E-state index in [2.05, 4.69) is 13.8 Å². The van der Waals surface area contributed by atoms with E-state index in [1.165, 1.54) is 17.7 Å². The van der Waals surface area contributed by atoms with Crippen molar-refractivity contribution in [3.63, 3.8) is 0 Å². The molecule has 1 aliphatic carbocycles. The number of carbonyl (C=O) groups is 2. The maximum absolute atomic E-state index is 12.5. The number of carbonyl (C=O) groups excluding carboxylic acids is 1. The Morgan fingerprint density at radius 2 is 2.10 bits per heavy atom. The lowest BCUT2D eigenvalue weighted by atomic mass is 9.67. The van der Waals surface area contributed by atoms with Crippen molar-refractivity contribution < 1.29 is 19.4 Å². The third-order valence-corrected chi connectivity index (χ3v) is 4.88.